The molecule has 0 aromatic heterocycles. The predicted molar refractivity (Wildman–Crippen MR) is 92.1 cm³/mol. The standard InChI is InChI=1S/C16H17Cl2NO.ClH/c1-20-16-7-6-15(18)10-13(16)11-19-9-8-12-2-4-14(17)5-3-12;/h2-7,10,19H,8-9,11H2,1H3;1H. The molecule has 2 aromatic rings. The van der Waals surface area contributed by atoms with E-state index < -0.39 is 0 Å². The van der Waals surface area contributed by atoms with Gasteiger partial charge in [0.2, 0.25) is 0 Å². The molecule has 0 atom stereocenters. The Morgan fingerprint density at radius 1 is 1.00 bits per heavy atom. The van der Waals surface area contributed by atoms with Gasteiger partial charge in [-0.3, -0.25) is 0 Å². The Balaban J connectivity index is 0.00000220. The van der Waals surface area contributed by atoms with E-state index in [0.717, 1.165) is 40.9 Å². The van der Waals surface area contributed by atoms with Gasteiger partial charge in [-0.2, -0.15) is 0 Å². The SMILES string of the molecule is COc1ccc(Cl)cc1CNCCc1ccc(Cl)cc1.Cl. The first-order valence-corrected chi connectivity index (χ1v) is 7.22. The van der Waals surface area contributed by atoms with E-state index in [1.54, 1.807) is 7.11 Å². The van der Waals surface area contributed by atoms with Crippen LogP contribution in [-0.4, -0.2) is 13.7 Å². The third-order valence-corrected chi connectivity index (χ3v) is 3.55. The van der Waals surface area contributed by atoms with Crippen LogP contribution in [0.3, 0.4) is 0 Å². The molecule has 0 aliphatic carbocycles. The van der Waals surface area contributed by atoms with Gasteiger partial charge >= 0.3 is 0 Å². The van der Waals surface area contributed by atoms with Crippen molar-refractivity contribution in [3.8, 4) is 5.75 Å². The molecular weight excluding hydrogens is 329 g/mol. The van der Waals surface area contributed by atoms with Crippen LogP contribution in [0.25, 0.3) is 0 Å². The van der Waals surface area contributed by atoms with Crippen molar-refractivity contribution in [2.45, 2.75) is 13.0 Å². The molecule has 2 rings (SSSR count). The van der Waals surface area contributed by atoms with E-state index in [-0.39, 0.29) is 12.4 Å². The lowest BCUT2D eigenvalue weighted by molar-refractivity contribution is 0.408. The van der Waals surface area contributed by atoms with Gasteiger partial charge in [0.15, 0.2) is 0 Å². The summed E-state index contributed by atoms with van der Waals surface area (Å²) in [4.78, 5) is 0. The maximum Gasteiger partial charge on any atom is 0.123 e. The number of methoxy groups -OCH3 is 1. The summed E-state index contributed by atoms with van der Waals surface area (Å²) >= 11 is 11.9. The largest absolute Gasteiger partial charge is 0.496 e. The fraction of sp³-hybridized carbons (Fsp3) is 0.250. The summed E-state index contributed by atoms with van der Waals surface area (Å²) in [7, 11) is 1.67. The molecule has 0 bridgehead atoms. The first-order valence-electron chi connectivity index (χ1n) is 6.46. The molecule has 0 saturated carbocycles. The van der Waals surface area contributed by atoms with Crippen LogP contribution in [0, 0.1) is 0 Å². The zero-order chi connectivity index (χ0) is 14.4. The topological polar surface area (TPSA) is 21.3 Å². The molecule has 21 heavy (non-hydrogen) atoms. The van der Waals surface area contributed by atoms with Crippen LogP contribution in [0.2, 0.25) is 10.0 Å². The van der Waals surface area contributed by atoms with Gasteiger partial charge in [0.05, 0.1) is 7.11 Å². The van der Waals surface area contributed by atoms with Gasteiger partial charge < -0.3 is 10.1 Å². The van der Waals surface area contributed by atoms with E-state index >= 15 is 0 Å². The van der Waals surface area contributed by atoms with E-state index in [4.69, 9.17) is 27.9 Å². The molecule has 1 N–H and O–H groups in total. The highest BCUT2D eigenvalue weighted by atomic mass is 35.5. The van der Waals surface area contributed by atoms with Gasteiger partial charge in [0.1, 0.15) is 5.75 Å². The Morgan fingerprint density at radius 3 is 2.33 bits per heavy atom. The van der Waals surface area contributed by atoms with Gasteiger partial charge in [-0.15, -0.1) is 12.4 Å². The van der Waals surface area contributed by atoms with Crippen molar-refractivity contribution in [1.29, 1.82) is 0 Å². The minimum absolute atomic E-state index is 0. The number of benzene rings is 2. The molecule has 2 nitrogen and oxygen atoms in total. The van der Waals surface area contributed by atoms with Crippen molar-refractivity contribution in [3.63, 3.8) is 0 Å². The second kappa shape index (κ2) is 9.16. The quantitative estimate of drug-likeness (QED) is 0.762. The van der Waals surface area contributed by atoms with Gasteiger partial charge in [-0.25, -0.2) is 0 Å². The predicted octanol–water partition coefficient (Wildman–Crippen LogP) is 4.76. The molecule has 0 saturated heterocycles. The van der Waals surface area contributed by atoms with Gasteiger partial charge in [0, 0.05) is 22.2 Å². The minimum Gasteiger partial charge on any atom is -0.496 e. The number of nitrogens with one attached hydrogen (secondary N) is 1. The molecule has 0 unspecified atom stereocenters. The van der Waals surface area contributed by atoms with Gasteiger partial charge in [0.25, 0.3) is 0 Å². The Morgan fingerprint density at radius 2 is 1.67 bits per heavy atom. The van der Waals surface area contributed by atoms with Crippen molar-refractivity contribution in [2.24, 2.45) is 0 Å². The molecule has 0 spiro atoms. The number of ether oxygens (including phenoxy) is 1. The summed E-state index contributed by atoms with van der Waals surface area (Å²) in [6, 6.07) is 13.6. The number of hydrogen-bond acceptors (Lipinski definition) is 2. The first-order chi connectivity index (χ1) is 9.69. The maximum atomic E-state index is 6.00. The molecule has 0 amide bonds. The highest BCUT2D eigenvalue weighted by Crippen LogP contribution is 2.22. The second-order valence-corrected chi connectivity index (χ2v) is 5.38. The van der Waals surface area contributed by atoms with Crippen LogP contribution >= 0.6 is 35.6 Å². The summed E-state index contributed by atoms with van der Waals surface area (Å²) in [5.74, 6) is 0.855. The summed E-state index contributed by atoms with van der Waals surface area (Å²) in [6.07, 6.45) is 0.958. The number of rotatable bonds is 6. The Labute approximate surface area is 141 Å². The summed E-state index contributed by atoms with van der Waals surface area (Å²) in [5, 5.41) is 4.89. The summed E-state index contributed by atoms with van der Waals surface area (Å²) in [6.45, 7) is 1.62. The average Bonchev–Trinajstić information content (AvgIpc) is 2.46. The van der Waals surface area contributed by atoms with Crippen LogP contribution < -0.4 is 10.1 Å². The van der Waals surface area contributed by atoms with Crippen LogP contribution in [0.1, 0.15) is 11.1 Å². The lowest BCUT2D eigenvalue weighted by Gasteiger charge is -2.10. The second-order valence-electron chi connectivity index (χ2n) is 4.51. The molecule has 0 fully saturated rings. The van der Waals surface area contributed by atoms with Gasteiger partial charge in [-0.1, -0.05) is 35.3 Å². The highest BCUT2D eigenvalue weighted by molar-refractivity contribution is 6.30. The van der Waals surface area contributed by atoms with E-state index in [0.29, 0.717) is 0 Å². The molecule has 0 radical (unpaired) electrons. The molecule has 0 heterocycles. The minimum atomic E-state index is 0. The molecule has 0 aliphatic heterocycles. The van der Waals surface area contributed by atoms with E-state index in [9.17, 15) is 0 Å². The van der Waals surface area contributed by atoms with Crippen LogP contribution in [0.15, 0.2) is 42.5 Å². The monoisotopic (exact) mass is 345 g/mol. The third kappa shape index (κ3) is 5.76. The van der Waals surface area contributed by atoms with Crippen molar-refractivity contribution < 1.29 is 4.74 Å². The smallest absolute Gasteiger partial charge is 0.123 e. The molecule has 2 aromatic carbocycles. The van der Waals surface area contributed by atoms with Crippen LogP contribution in [-0.2, 0) is 13.0 Å². The fourth-order valence-electron chi connectivity index (χ4n) is 1.99. The zero-order valence-corrected chi connectivity index (χ0v) is 14.1. The Hall–Kier alpha value is -0.930. The van der Waals surface area contributed by atoms with Crippen LogP contribution in [0.5, 0.6) is 5.75 Å². The fourth-order valence-corrected chi connectivity index (χ4v) is 2.31. The molecule has 114 valence electrons. The third-order valence-electron chi connectivity index (χ3n) is 3.06. The van der Waals surface area contributed by atoms with E-state index in [2.05, 4.69) is 5.32 Å². The lowest BCUT2D eigenvalue weighted by atomic mass is 10.1. The molecular formula is C16H18Cl3NO. The van der Waals surface area contributed by atoms with Crippen molar-refractivity contribution >= 4 is 35.6 Å². The lowest BCUT2D eigenvalue weighted by Crippen LogP contribution is -2.17. The van der Waals surface area contributed by atoms with Crippen molar-refractivity contribution in [3.05, 3.63) is 63.6 Å². The highest BCUT2D eigenvalue weighted by Gasteiger charge is 2.03. The van der Waals surface area contributed by atoms with Crippen LogP contribution in [0.4, 0.5) is 0 Å². The van der Waals surface area contributed by atoms with E-state index in [1.807, 2.05) is 42.5 Å². The first kappa shape index (κ1) is 18.1. The Kier molecular flexibility index (Phi) is 7.91. The average molecular weight is 347 g/mol. The molecule has 5 heteroatoms. The maximum absolute atomic E-state index is 6.00. The number of halogens is 3. The Bertz CT molecular complexity index is 558. The summed E-state index contributed by atoms with van der Waals surface area (Å²) in [5.41, 5.74) is 2.33. The normalized spacial score (nSPS) is 10.0. The number of hydrogen-bond donors (Lipinski definition) is 1. The molecule has 0 aliphatic rings. The van der Waals surface area contributed by atoms with E-state index in [1.165, 1.54) is 5.56 Å². The van der Waals surface area contributed by atoms with Crippen molar-refractivity contribution in [1.82, 2.24) is 5.32 Å². The zero-order valence-electron chi connectivity index (χ0n) is 11.7. The van der Waals surface area contributed by atoms with Gasteiger partial charge in [-0.05, 0) is 48.9 Å². The van der Waals surface area contributed by atoms with Crippen molar-refractivity contribution in [2.75, 3.05) is 13.7 Å². The summed E-state index contributed by atoms with van der Waals surface area (Å²) < 4.78 is 5.32.